The zero-order valence-electron chi connectivity index (χ0n) is 19.4. The van der Waals surface area contributed by atoms with Gasteiger partial charge in [0.25, 0.3) is 5.91 Å². The van der Waals surface area contributed by atoms with E-state index in [2.05, 4.69) is 27.1 Å². The number of carbonyl (C=O) groups excluding carboxylic acids is 2. The summed E-state index contributed by atoms with van der Waals surface area (Å²) in [4.78, 5) is 35.7. The largest absolute Gasteiger partial charge is 0.320 e. The number of hydrogen-bond donors (Lipinski definition) is 1. The molecule has 7 heteroatoms. The van der Waals surface area contributed by atoms with Crippen molar-refractivity contribution in [2.45, 2.75) is 25.3 Å². The summed E-state index contributed by atoms with van der Waals surface area (Å²) in [6, 6.07) is 15.3. The molecule has 33 heavy (non-hydrogen) atoms. The van der Waals surface area contributed by atoms with E-state index in [0.717, 1.165) is 57.8 Å². The highest BCUT2D eigenvalue weighted by atomic mass is 16.2. The Morgan fingerprint density at radius 2 is 1.67 bits per heavy atom. The lowest BCUT2D eigenvalue weighted by Gasteiger charge is -2.41. The second-order valence-electron chi connectivity index (χ2n) is 9.44. The van der Waals surface area contributed by atoms with Gasteiger partial charge in [-0.2, -0.15) is 0 Å². The molecule has 1 N–H and O–H groups in total. The molecule has 1 unspecified atom stereocenters. The number of carbonyl (C=O) groups is 2. The van der Waals surface area contributed by atoms with E-state index in [1.165, 1.54) is 6.42 Å². The highest BCUT2D eigenvalue weighted by Crippen LogP contribution is 2.38. The molecule has 2 fully saturated rings. The van der Waals surface area contributed by atoms with Crippen molar-refractivity contribution in [3.63, 3.8) is 0 Å². The molecule has 0 aliphatic carbocycles. The van der Waals surface area contributed by atoms with Gasteiger partial charge in [-0.25, -0.2) is 0 Å². The van der Waals surface area contributed by atoms with Crippen molar-refractivity contribution in [3.05, 3.63) is 54.1 Å². The highest BCUT2D eigenvalue weighted by Gasteiger charge is 2.33. The Balaban J connectivity index is 1.39. The number of benzene rings is 2. The molecule has 0 spiro atoms. The van der Waals surface area contributed by atoms with Gasteiger partial charge in [0.05, 0.1) is 29.2 Å². The van der Waals surface area contributed by atoms with Gasteiger partial charge >= 0.3 is 0 Å². The topological polar surface area (TPSA) is 59.1 Å². The average Bonchev–Trinajstić information content (AvgIpc) is 2.95. The molecule has 2 aromatic rings. The SMILES string of the molecule is CN1CCN(CC2CCCCN2CC(=O)N2c3ccccc3NC(=O)c3ccccc32)CC1. The first-order valence-electron chi connectivity index (χ1n) is 12.1. The number of fused-ring (bicyclic) bond motifs is 2. The van der Waals surface area contributed by atoms with Crippen LogP contribution in [0.5, 0.6) is 0 Å². The number of piperazine rings is 1. The molecule has 3 aliphatic heterocycles. The minimum Gasteiger partial charge on any atom is -0.320 e. The molecule has 5 rings (SSSR count). The summed E-state index contributed by atoms with van der Waals surface area (Å²) < 4.78 is 0. The van der Waals surface area contributed by atoms with E-state index >= 15 is 0 Å². The van der Waals surface area contributed by atoms with Crippen molar-refractivity contribution in [1.29, 1.82) is 0 Å². The molecular formula is C26H33N5O2. The van der Waals surface area contributed by atoms with Crippen LogP contribution in [0.15, 0.2) is 48.5 Å². The van der Waals surface area contributed by atoms with E-state index in [1.54, 1.807) is 11.0 Å². The van der Waals surface area contributed by atoms with Crippen LogP contribution in [0.1, 0.15) is 29.6 Å². The van der Waals surface area contributed by atoms with Crippen LogP contribution in [0.2, 0.25) is 0 Å². The predicted molar refractivity (Wildman–Crippen MR) is 131 cm³/mol. The summed E-state index contributed by atoms with van der Waals surface area (Å²) >= 11 is 0. The number of likely N-dealkylation sites (N-methyl/N-ethyl adjacent to an activating group) is 1. The lowest BCUT2D eigenvalue weighted by Crippen LogP contribution is -2.53. The normalized spacial score (nSPS) is 22.3. The van der Waals surface area contributed by atoms with Gasteiger partial charge in [-0.15, -0.1) is 0 Å². The maximum absolute atomic E-state index is 13.9. The van der Waals surface area contributed by atoms with Gasteiger partial charge < -0.3 is 10.2 Å². The minimum atomic E-state index is -0.181. The van der Waals surface area contributed by atoms with E-state index in [1.807, 2.05) is 42.5 Å². The monoisotopic (exact) mass is 447 g/mol. The van der Waals surface area contributed by atoms with E-state index in [0.29, 0.717) is 29.5 Å². The highest BCUT2D eigenvalue weighted by molar-refractivity contribution is 6.17. The number of nitrogens with one attached hydrogen (secondary N) is 1. The van der Waals surface area contributed by atoms with Crippen molar-refractivity contribution in [3.8, 4) is 0 Å². The van der Waals surface area contributed by atoms with Gasteiger partial charge in [0, 0.05) is 38.8 Å². The predicted octanol–water partition coefficient (Wildman–Crippen LogP) is 3.02. The number of rotatable bonds is 4. The summed E-state index contributed by atoms with van der Waals surface area (Å²) in [5.74, 6) is -0.170. The molecule has 3 aliphatic rings. The standard InChI is InChI=1S/C26H33N5O2/c1-28-14-16-29(17-15-28)18-20-8-6-7-13-30(20)19-25(32)31-23-11-4-2-9-21(23)26(33)27-22-10-3-5-12-24(22)31/h2-5,9-12,20H,6-8,13-19H2,1H3,(H,27,33). The quantitative estimate of drug-likeness (QED) is 0.781. The van der Waals surface area contributed by atoms with Crippen molar-refractivity contribution in [2.24, 2.45) is 0 Å². The van der Waals surface area contributed by atoms with Crippen LogP contribution >= 0.6 is 0 Å². The molecule has 0 bridgehead atoms. The third-order valence-corrected chi connectivity index (χ3v) is 7.18. The molecule has 1 atom stereocenters. The maximum Gasteiger partial charge on any atom is 0.257 e. The molecule has 3 heterocycles. The van der Waals surface area contributed by atoms with E-state index in [9.17, 15) is 9.59 Å². The summed E-state index contributed by atoms with van der Waals surface area (Å²) in [6.07, 6.45) is 3.48. The van der Waals surface area contributed by atoms with Gasteiger partial charge in [0.1, 0.15) is 0 Å². The summed E-state index contributed by atoms with van der Waals surface area (Å²) in [5.41, 5.74) is 2.57. The second kappa shape index (κ2) is 9.63. The Morgan fingerprint density at radius 3 is 2.48 bits per heavy atom. The van der Waals surface area contributed by atoms with E-state index < -0.39 is 0 Å². The van der Waals surface area contributed by atoms with Gasteiger partial charge in [-0.3, -0.25) is 24.3 Å². The second-order valence-corrected chi connectivity index (χ2v) is 9.44. The van der Waals surface area contributed by atoms with Gasteiger partial charge in [0.2, 0.25) is 5.91 Å². The van der Waals surface area contributed by atoms with Crippen LogP contribution in [-0.2, 0) is 4.79 Å². The Morgan fingerprint density at radius 1 is 0.939 bits per heavy atom. The number of para-hydroxylation sites is 3. The van der Waals surface area contributed by atoms with Crippen LogP contribution in [0.3, 0.4) is 0 Å². The molecule has 0 saturated carbocycles. The summed E-state index contributed by atoms with van der Waals surface area (Å²) in [6.45, 7) is 6.72. The van der Waals surface area contributed by atoms with Crippen LogP contribution < -0.4 is 10.2 Å². The molecule has 2 amide bonds. The first-order chi connectivity index (χ1) is 16.1. The number of likely N-dealkylation sites (tertiary alicyclic amines) is 1. The van der Waals surface area contributed by atoms with E-state index in [-0.39, 0.29) is 11.8 Å². The van der Waals surface area contributed by atoms with Gasteiger partial charge in [-0.05, 0) is 50.7 Å². The van der Waals surface area contributed by atoms with Crippen molar-refractivity contribution in [2.75, 3.05) is 63.1 Å². The molecule has 7 nitrogen and oxygen atoms in total. The maximum atomic E-state index is 13.9. The number of anilines is 3. The Labute approximate surface area is 195 Å². The minimum absolute atomic E-state index is 0.0108. The molecule has 2 saturated heterocycles. The van der Waals surface area contributed by atoms with Crippen LogP contribution in [0.4, 0.5) is 17.1 Å². The summed E-state index contributed by atoms with van der Waals surface area (Å²) in [7, 11) is 2.18. The fourth-order valence-corrected chi connectivity index (χ4v) is 5.27. The van der Waals surface area contributed by atoms with Crippen LogP contribution in [0, 0.1) is 0 Å². The lowest BCUT2D eigenvalue weighted by atomic mass is 10.0. The number of amides is 2. The third-order valence-electron chi connectivity index (χ3n) is 7.18. The third kappa shape index (κ3) is 4.67. The van der Waals surface area contributed by atoms with Crippen molar-refractivity contribution < 1.29 is 9.59 Å². The number of hydrogen-bond acceptors (Lipinski definition) is 5. The van der Waals surface area contributed by atoms with Crippen molar-refractivity contribution in [1.82, 2.24) is 14.7 Å². The Kier molecular flexibility index (Phi) is 6.44. The van der Waals surface area contributed by atoms with Crippen LogP contribution in [-0.4, -0.2) is 85.4 Å². The Hall–Kier alpha value is -2.74. The van der Waals surface area contributed by atoms with Crippen molar-refractivity contribution >= 4 is 28.9 Å². The lowest BCUT2D eigenvalue weighted by molar-refractivity contribution is -0.120. The smallest absolute Gasteiger partial charge is 0.257 e. The molecule has 0 radical (unpaired) electrons. The van der Waals surface area contributed by atoms with E-state index in [4.69, 9.17) is 0 Å². The zero-order chi connectivity index (χ0) is 22.8. The van der Waals surface area contributed by atoms with Gasteiger partial charge in [0.15, 0.2) is 0 Å². The average molecular weight is 448 g/mol. The molecule has 0 aromatic heterocycles. The Bertz CT molecular complexity index is 1020. The first-order valence-corrected chi connectivity index (χ1v) is 12.1. The fourth-order valence-electron chi connectivity index (χ4n) is 5.27. The molecule has 174 valence electrons. The zero-order valence-corrected chi connectivity index (χ0v) is 19.4. The van der Waals surface area contributed by atoms with Gasteiger partial charge in [-0.1, -0.05) is 30.7 Å². The summed E-state index contributed by atoms with van der Waals surface area (Å²) in [5, 5.41) is 2.98. The fraction of sp³-hybridized carbons (Fsp3) is 0.462. The molecular weight excluding hydrogens is 414 g/mol. The molecule has 2 aromatic carbocycles. The van der Waals surface area contributed by atoms with Crippen LogP contribution in [0.25, 0.3) is 0 Å². The first kappa shape index (κ1) is 22.1. The number of nitrogens with zero attached hydrogens (tertiary/aromatic N) is 4. The number of piperidine rings is 1.